The van der Waals surface area contributed by atoms with Gasteiger partial charge in [-0.2, -0.15) is 5.26 Å². The van der Waals surface area contributed by atoms with E-state index in [4.69, 9.17) is 5.26 Å². The first-order valence-electron chi connectivity index (χ1n) is 7.63. The summed E-state index contributed by atoms with van der Waals surface area (Å²) < 4.78 is 0. The molecule has 0 unspecified atom stereocenters. The molecule has 0 aromatic carbocycles. The molecule has 1 aliphatic heterocycles. The molecular weight excluding hydrogens is 222 g/mol. The molecule has 0 spiro atoms. The van der Waals surface area contributed by atoms with Gasteiger partial charge in [0.2, 0.25) is 0 Å². The van der Waals surface area contributed by atoms with Crippen LogP contribution < -0.4 is 0 Å². The molecule has 0 N–H and O–H groups in total. The van der Waals surface area contributed by atoms with Crippen molar-refractivity contribution in [2.75, 3.05) is 39.3 Å². The van der Waals surface area contributed by atoms with Gasteiger partial charge in [-0.1, -0.05) is 26.2 Å². The van der Waals surface area contributed by atoms with Crippen LogP contribution in [0, 0.1) is 23.2 Å². The van der Waals surface area contributed by atoms with Gasteiger partial charge in [0.05, 0.1) is 12.6 Å². The summed E-state index contributed by atoms with van der Waals surface area (Å²) in [4.78, 5) is 4.89. The highest BCUT2D eigenvalue weighted by Gasteiger charge is 2.24. The molecule has 0 amide bonds. The second-order valence-corrected chi connectivity index (χ2v) is 6.04. The van der Waals surface area contributed by atoms with Gasteiger partial charge in [0.25, 0.3) is 0 Å². The van der Waals surface area contributed by atoms with Crippen molar-refractivity contribution in [2.45, 2.75) is 39.0 Å². The Morgan fingerprint density at radius 1 is 1.06 bits per heavy atom. The van der Waals surface area contributed by atoms with Crippen LogP contribution in [-0.4, -0.2) is 49.1 Å². The van der Waals surface area contributed by atoms with E-state index in [2.05, 4.69) is 22.8 Å². The van der Waals surface area contributed by atoms with Crippen molar-refractivity contribution in [3.8, 4) is 6.07 Å². The van der Waals surface area contributed by atoms with E-state index >= 15 is 0 Å². The van der Waals surface area contributed by atoms with Crippen molar-refractivity contribution in [1.29, 1.82) is 5.26 Å². The van der Waals surface area contributed by atoms with E-state index in [-0.39, 0.29) is 0 Å². The van der Waals surface area contributed by atoms with E-state index in [1.54, 1.807) is 0 Å². The van der Waals surface area contributed by atoms with E-state index in [0.717, 1.165) is 38.0 Å². The van der Waals surface area contributed by atoms with Crippen LogP contribution in [-0.2, 0) is 0 Å². The van der Waals surface area contributed by atoms with E-state index in [1.807, 2.05) is 0 Å². The first-order chi connectivity index (χ1) is 8.81. The molecule has 1 aliphatic carbocycles. The Balaban J connectivity index is 1.69. The minimum atomic E-state index is 0.606. The number of nitriles is 1. The van der Waals surface area contributed by atoms with E-state index in [9.17, 15) is 0 Å². The van der Waals surface area contributed by atoms with E-state index in [1.165, 1.54) is 38.6 Å². The third kappa shape index (κ3) is 3.96. The zero-order valence-corrected chi connectivity index (χ0v) is 11.8. The van der Waals surface area contributed by atoms with Crippen molar-refractivity contribution in [3.05, 3.63) is 0 Å². The fraction of sp³-hybridized carbons (Fsp3) is 0.933. The molecule has 1 saturated heterocycles. The summed E-state index contributed by atoms with van der Waals surface area (Å²) in [5, 5.41) is 8.70. The van der Waals surface area contributed by atoms with Gasteiger partial charge in [0.15, 0.2) is 0 Å². The quantitative estimate of drug-likeness (QED) is 0.716. The third-order valence-corrected chi connectivity index (χ3v) is 4.74. The molecule has 18 heavy (non-hydrogen) atoms. The summed E-state index contributed by atoms with van der Waals surface area (Å²) in [6.45, 7) is 8.73. The molecule has 0 bridgehead atoms. The SMILES string of the molecule is CC[C@H]1CCC[C@H](CN2CCN(CC#N)CC2)C1. The topological polar surface area (TPSA) is 30.3 Å². The summed E-state index contributed by atoms with van der Waals surface area (Å²) in [7, 11) is 0. The molecule has 1 heterocycles. The minimum absolute atomic E-state index is 0.606. The number of piperazine rings is 1. The summed E-state index contributed by atoms with van der Waals surface area (Å²) in [5.74, 6) is 1.93. The lowest BCUT2D eigenvalue weighted by Gasteiger charge is -2.37. The van der Waals surface area contributed by atoms with Gasteiger partial charge in [-0.25, -0.2) is 0 Å². The maximum absolute atomic E-state index is 8.70. The second-order valence-electron chi connectivity index (χ2n) is 6.04. The van der Waals surface area contributed by atoms with E-state index in [0.29, 0.717) is 6.54 Å². The van der Waals surface area contributed by atoms with E-state index < -0.39 is 0 Å². The van der Waals surface area contributed by atoms with Gasteiger partial charge in [0, 0.05) is 32.7 Å². The molecule has 3 nitrogen and oxygen atoms in total. The van der Waals surface area contributed by atoms with Crippen molar-refractivity contribution in [3.63, 3.8) is 0 Å². The third-order valence-electron chi connectivity index (χ3n) is 4.74. The maximum Gasteiger partial charge on any atom is 0.0866 e. The van der Waals surface area contributed by atoms with Crippen molar-refractivity contribution < 1.29 is 0 Å². The second kappa shape index (κ2) is 7.11. The molecule has 2 fully saturated rings. The lowest BCUT2D eigenvalue weighted by Crippen LogP contribution is -2.48. The van der Waals surface area contributed by atoms with Gasteiger partial charge in [-0.15, -0.1) is 0 Å². The molecule has 102 valence electrons. The van der Waals surface area contributed by atoms with Crippen LogP contribution >= 0.6 is 0 Å². The zero-order chi connectivity index (χ0) is 12.8. The maximum atomic E-state index is 8.70. The Labute approximate surface area is 112 Å². The van der Waals surface area contributed by atoms with Gasteiger partial charge in [0.1, 0.15) is 0 Å². The summed E-state index contributed by atoms with van der Waals surface area (Å²) in [6.07, 6.45) is 7.16. The van der Waals surface area contributed by atoms with Crippen molar-refractivity contribution in [1.82, 2.24) is 9.80 Å². The van der Waals surface area contributed by atoms with Gasteiger partial charge in [-0.3, -0.25) is 4.90 Å². The lowest BCUT2D eigenvalue weighted by atomic mass is 9.80. The predicted molar refractivity (Wildman–Crippen MR) is 74.2 cm³/mol. The largest absolute Gasteiger partial charge is 0.301 e. The lowest BCUT2D eigenvalue weighted by molar-refractivity contribution is 0.109. The smallest absolute Gasteiger partial charge is 0.0866 e. The van der Waals surface area contributed by atoms with Crippen molar-refractivity contribution in [2.24, 2.45) is 11.8 Å². The summed E-state index contributed by atoms with van der Waals surface area (Å²) in [6, 6.07) is 2.25. The monoisotopic (exact) mass is 249 g/mol. The molecular formula is C15H27N3. The van der Waals surface area contributed by atoms with Gasteiger partial charge in [-0.05, 0) is 24.7 Å². The van der Waals surface area contributed by atoms with Crippen LogP contribution in [0.3, 0.4) is 0 Å². The Morgan fingerprint density at radius 3 is 2.39 bits per heavy atom. The molecule has 0 aromatic heterocycles. The molecule has 0 aromatic rings. The Kier molecular flexibility index (Phi) is 5.46. The Bertz CT molecular complexity index is 276. The van der Waals surface area contributed by atoms with Gasteiger partial charge >= 0.3 is 0 Å². The number of hydrogen-bond donors (Lipinski definition) is 0. The zero-order valence-electron chi connectivity index (χ0n) is 11.8. The van der Waals surface area contributed by atoms with Crippen LogP contribution in [0.25, 0.3) is 0 Å². The molecule has 1 saturated carbocycles. The number of nitrogens with zero attached hydrogens (tertiary/aromatic N) is 3. The Hall–Kier alpha value is -0.590. The molecule has 2 aliphatic rings. The summed E-state index contributed by atoms with van der Waals surface area (Å²) >= 11 is 0. The fourth-order valence-corrected chi connectivity index (χ4v) is 3.53. The van der Waals surface area contributed by atoms with Crippen LogP contribution in [0.2, 0.25) is 0 Å². The van der Waals surface area contributed by atoms with Crippen LogP contribution in [0.4, 0.5) is 0 Å². The molecule has 2 rings (SSSR count). The minimum Gasteiger partial charge on any atom is -0.301 e. The predicted octanol–water partition coefficient (Wildman–Crippen LogP) is 2.34. The molecule has 2 atom stereocenters. The standard InChI is InChI=1S/C15H27N3/c1-2-14-4-3-5-15(12-14)13-18-10-8-17(7-6-16)9-11-18/h14-15H,2-5,7-13H2,1H3/t14-,15-/m0/s1. The molecule has 0 radical (unpaired) electrons. The Morgan fingerprint density at radius 2 is 1.72 bits per heavy atom. The first kappa shape index (κ1) is 13.8. The number of rotatable bonds is 4. The highest BCUT2D eigenvalue weighted by molar-refractivity contribution is 4.82. The van der Waals surface area contributed by atoms with Crippen molar-refractivity contribution >= 4 is 0 Å². The normalized spacial score (nSPS) is 31.1. The average Bonchev–Trinajstić information content (AvgIpc) is 2.42. The van der Waals surface area contributed by atoms with Gasteiger partial charge < -0.3 is 4.90 Å². The highest BCUT2D eigenvalue weighted by Crippen LogP contribution is 2.31. The van der Waals surface area contributed by atoms with Crippen LogP contribution in [0.15, 0.2) is 0 Å². The number of hydrogen-bond acceptors (Lipinski definition) is 3. The fourth-order valence-electron chi connectivity index (χ4n) is 3.53. The highest BCUT2D eigenvalue weighted by atomic mass is 15.3. The first-order valence-corrected chi connectivity index (χ1v) is 7.63. The van der Waals surface area contributed by atoms with Crippen LogP contribution in [0.5, 0.6) is 0 Å². The average molecular weight is 249 g/mol. The molecule has 3 heteroatoms. The summed E-state index contributed by atoms with van der Waals surface area (Å²) in [5.41, 5.74) is 0. The van der Waals surface area contributed by atoms with Crippen LogP contribution in [0.1, 0.15) is 39.0 Å².